The highest BCUT2D eigenvalue weighted by atomic mass is 35.9. The number of hydrogen-bond donors (Lipinski definition) is 0. The van der Waals surface area contributed by atoms with E-state index in [-0.39, 0.29) is 0 Å². The van der Waals surface area contributed by atoms with Crippen molar-refractivity contribution >= 4 is 29.8 Å². The summed E-state index contributed by atoms with van der Waals surface area (Å²) in [6.45, 7) is 4.56. The van der Waals surface area contributed by atoms with Gasteiger partial charge in [-0.1, -0.05) is 101 Å². The summed E-state index contributed by atoms with van der Waals surface area (Å²) in [5, 5.41) is 0. The van der Waals surface area contributed by atoms with Crippen molar-refractivity contribution in [2.24, 2.45) is 0 Å². The van der Waals surface area contributed by atoms with E-state index >= 15 is 0 Å². The maximum atomic E-state index is 4.74. The molecule has 0 nitrogen and oxygen atoms in total. The standard InChI is InChI=1S/C12H26.Cl2P/c1-3-5-7-9-11-12-10-8-6-4-2;1-3-2/h3-12H2,1-2H3;. The van der Waals surface area contributed by atoms with Crippen LogP contribution in [0.5, 0.6) is 0 Å². The number of halogens is 2. The molecule has 0 aliphatic rings. The van der Waals surface area contributed by atoms with Crippen LogP contribution in [0.2, 0.25) is 0 Å². The molecule has 0 N–H and O–H groups in total. The van der Waals surface area contributed by atoms with Crippen LogP contribution in [0, 0.1) is 0 Å². The van der Waals surface area contributed by atoms with Crippen LogP contribution in [0.1, 0.15) is 78.1 Å². The van der Waals surface area contributed by atoms with Crippen LogP contribution in [0.3, 0.4) is 0 Å². The highest BCUT2D eigenvalue weighted by molar-refractivity contribution is 7.90. The van der Waals surface area contributed by atoms with E-state index < -0.39 is 0 Å². The second kappa shape index (κ2) is 20.4. The molecule has 0 aliphatic heterocycles. The Balaban J connectivity index is 0. The van der Waals surface area contributed by atoms with Crippen molar-refractivity contribution in [2.45, 2.75) is 78.1 Å². The molecule has 0 saturated heterocycles. The average molecular weight is 272 g/mol. The quantitative estimate of drug-likeness (QED) is 0.308. The van der Waals surface area contributed by atoms with Crippen LogP contribution in [0.4, 0.5) is 0 Å². The van der Waals surface area contributed by atoms with Gasteiger partial charge >= 0.3 is 0 Å². The molecule has 93 valence electrons. The fraction of sp³-hybridized carbons (Fsp3) is 1.00. The van der Waals surface area contributed by atoms with Gasteiger partial charge in [-0.3, -0.25) is 0 Å². The van der Waals surface area contributed by atoms with Crippen LogP contribution in [-0.2, 0) is 0 Å². The summed E-state index contributed by atoms with van der Waals surface area (Å²) >= 11 is 9.47. The topological polar surface area (TPSA) is 0 Å². The molecule has 0 unspecified atom stereocenters. The minimum Gasteiger partial charge on any atom is -0.0704 e. The lowest BCUT2D eigenvalue weighted by Crippen LogP contribution is -1.80. The summed E-state index contributed by atoms with van der Waals surface area (Å²) in [4.78, 5) is 0. The molecule has 1 radical (unpaired) electrons. The van der Waals surface area contributed by atoms with Crippen LogP contribution in [-0.4, -0.2) is 0 Å². The van der Waals surface area contributed by atoms with Crippen molar-refractivity contribution in [3.05, 3.63) is 0 Å². The van der Waals surface area contributed by atoms with Crippen molar-refractivity contribution in [3.8, 4) is 0 Å². The monoisotopic (exact) mass is 271 g/mol. The van der Waals surface area contributed by atoms with Gasteiger partial charge in [0.05, 0.1) is 0 Å². The lowest BCUT2D eigenvalue weighted by Gasteiger charge is -1.99. The zero-order valence-corrected chi connectivity index (χ0v) is 12.7. The van der Waals surface area contributed by atoms with E-state index in [0.717, 1.165) is 0 Å². The van der Waals surface area contributed by atoms with Gasteiger partial charge in [-0.25, -0.2) is 0 Å². The Morgan fingerprint density at radius 1 is 0.600 bits per heavy atom. The Labute approximate surface area is 108 Å². The Morgan fingerprint density at radius 3 is 1.00 bits per heavy atom. The first-order valence-electron chi connectivity index (χ1n) is 6.25. The maximum Gasteiger partial charge on any atom is 0.141 e. The molecule has 0 heterocycles. The van der Waals surface area contributed by atoms with Crippen LogP contribution < -0.4 is 0 Å². The molecule has 0 rings (SSSR count). The van der Waals surface area contributed by atoms with E-state index in [1.807, 2.05) is 0 Å². The van der Waals surface area contributed by atoms with Gasteiger partial charge in [0.25, 0.3) is 0 Å². The largest absolute Gasteiger partial charge is 0.141 e. The molecule has 3 heteroatoms. The summed E-state index contributed by atoms with van der Waals surface area (Å²) in [6, 6.07) is 0. The van der Waals surface area contributed by atoms with Crippen molar-refractivity contribution in [1.29, 1.82) is 0 Å². The molecule has 0 aromatic heterocycles. The van der Waals surface area contributed by atoms with Crippen LogP contribution >= 0.6 is 29.8 Å². The first-order chi connectivity index (χ1) is 7.33. The van der Waals surface area contributed by atoms with Gasteiger partial charge < -0.3 is 0 Å². The number of rotatable bonds is 9. The Bertz CT molecular complexity index is 79.7. The molecule has 0 aliphatic carbocycles. The van der Waals surface area contributed by atoms with Crippen molar-refractivity contribution in [2.75, 3.05) is 0 Å². The van der Waals surface area contributed by atoms with E-state index in [4.69, 9.17) is 22.5 Å². The molecule has 0 aromatic rings. The highest BCUT2D eigenvalue weighted by Crippen LogP contribution is 2.19. The van der Waals surface area contributed by atoms with Crippen LogP contribution in [0.25, 0.3) is 0 Å². The maximum absolute atomic E-state index is 4.74. The second-order valence-electron chi connectivity index (χ2n) is 3.89. The summed E-state index contributed by atoms with van der Waals surface area (Å²) in [6.07, 6.45) is 14.4. The SMILES string of the molecule is CCCCCCCCCCCC.Cl[P]Cl. The predicted octanol–water partition coefficient (Wildman–Crippen LogP) is 7.17. The van der Waals surface area contributed by atoms with Crippen molar-refractivity contribution in [1.82, 2.24) is 0 Å². The number of unbranched alkanes of at least 4 members (excludes halogenated alkanes) is 9. The minimum absolute atomic E-state index is 0.361. The molecule has 0 fully saturated rings. The first-order valence-corrected chi connectivity index (χ1v) is 8.96. The predicted molar refractivity (Wildman–Crippen MR) is 76.1 cm³/mol. The lowest BCUT2D eigenvalue weighted by molar-refractivity contribution is 0.562. The van der Waals surface area contributed by atoms with Gasteiger partial charge in [0.2, 0.25) is 0 Å². The molecule has 0 spiro atoms. The molecule has 0 aromatic carbocycles. The first kappa shape index (κ1) is 18.4. The van der Waals surface area contributed by atoms with Gasteiger partial charge in [-0.2, -0.15) is 0 Å². The highest BCUT2D eigenvalue weighted by Gasteiger charge is 1.90. The van der Waals surface area contributed by atoms with Gasteiger partial charge in [0.1, 0.15) is 7.29 Å². The molecule has 0 bridgehead atoms. The van der Waals surface area contributed by atoms with Crippen molar-refractivity contribution < 1.29 is 0 Å². The molecule has 0 saturated carbocycles. The van der Waals surface area contributed by atoms with Gasteiger partial charge in [-0.15, -0.1) is 0 Å². The third kappa shape index (κ3) is 25.4. The smallest absolute Gasteiger partial charge is 0.0704 e. The number of hydrogen-bond acceptors (Lipinski definition) is 0. The van der Waals surface area contributed by atoms with E-state index in [1.165, 1.54) is 64.2 Å². The van der Waals surface area contributed by atoms with Gasteiger partial charge in [0.15, 0.2) is 0 Å². The minimum atomic E-state index is 0.361. The molecule has 0 atom stereocenters. The average Bonchev–Trinajstić information content (AvgIpc) is 2.23. The van der Waals surface area contributed by atoms with Crippen molar-refractivity contribution in [3.63, 3.8) is 0 Å². The van der Waals surface area contributed by atoms with E-state index in [2.05, 4.69) is 13.8 Å². The van der Waals surface area contributed by atoms with Gasteiger partial charge in [-0.05, 0) is 0 Å². The van der Waals surface area contributed by atoms with Crippen LogP contribution in [0.15, 0.2) is 0 Å². The zero-order valence-electron chi connectivity index (χ0n) is 10.3. The normalized spacial score (nSPS) is 9.60. The summed E-state index contributed by atoms with van der Waals surface area (Å²) in [7, 11) is 0.361. The summed E-state index contributed by atoms with van der Waals surface area (Å²) < 4.78 is 0. The Kier molecular flexibility index (Phi) is 25.0. The molecular weight excluding hydrogens is 246 g/mol. The fourth-order valence-electron chi connectivity index (χ4n) is 1.56. The Hall–Kier alpha value is 1.01. The fourth-order valence-corrected chi connectivity index (χ4v) is 1.56. The third-order valence-electron chi connectivity index (χ3n) is 2.46. The van der Waals surface area contributed by atoms with E-state index in [9.17, 15) is 0 Å². The van der Waals surface area contributed by atoms with E-state index in [1.54, 1.807) is 0 Å². The zero-order chi connectivity index (χ0) is 11.8. The summed E-state index contributed by atoms with van der Waals surface area (Å²) in [5.74, 6) is 0. The van der Waals surface area contributed by atoms with Gasteiger partial charge in [0, 0.05) is 0 Å². The molecular formula is C12H26Cl2P. The molecule has 15 heavy (non-hydrogen) atoms. The Morgan fingerprint density at radius 2 is 0.800 bits per heavy atom. The summed E-state index contributed by atoms with van der Waals surface area (Å²) in [5.41, 5.74) is 0. The second-order valence-corrected chi connectivity index (χ2v) is 5.55. The van der Waals surface area contributed by atoms with E-state index in [0.29, 0.717) is 7.29 Å². The third-order valence-corrected chi connectivity index (χ3v) is 2.46. The lowest BCUT2D eigenvalue weighted by atomic mass is 10.1. The molecule has 0 amide bonds.